The molecule has 3 rings (SSSR count). The van der Waals surface area contributed by atoms with Gasteiger partial charge in [0.25, 0.3) is 0 Å². The van der Waals surface area contributed by atoms with Crippen molar-refractivity contribution >= 4 is 5.69 Å². The monoisotopic (exact) mass is 328 g/mol. The topological polar surface area (TPSA) is 45.4 Å². The van der Waals surface area contributed by atoms with Crippen LogP contribution in [0.25, 0.3) is 0 Å². The van der Waals surface area contributed by atoms with Crippen LogP contribution < -0.4 is 4.90 Å². The van der Waals surface area contributed by atoms with Crippen molar-refractivity contribution in [1.82, 2.24) is 15.0 Å². The minimum absolute atomic E-state index is 0.541. The second kappa shape index (κ2) is 7.34. The number of piperazine rings is 1. The normalized spacial score (nSPS) is 16.1. The average molecular weight is 328 g/mol. The second-order valence-electron chi connectivity index (χ2n) is 7.18. The van der Waals surface area contributed by atoms with Crippen LogP contribution in [0.15, 0.2) is 22.7 Å². The molecule has 2 aromatic rings. The summed E-state index contributed by atoms with van der Waals surface area (Å²) in [5, 5.41) is 4.12. The maximum absolute atomic E-state index is 5.34. The number of hydrogen-bond donors (Lipinski definition) is 0. The van der Waals surface area contributed by atoms with E-state index < -0.39 is 0 Å². The molecule has 1 aliphatic heterocycles. The number of nitrogens with zero attached hydrogens (tertiary/aromatic N) is 4. The summed E-state index contributed by atoms with van der Waals surface area (Å²) in [4.78, 5) is 9.41. The molecule has 1 aromatic carbocycles. The van der Waals surface area contributed by atoms with Gasteiger partial charge in [-0.15, -0.1) is 0 Å². The fourth-order valence-corrected chi connectivity index (χ4v) is 3.21. The Kier molecular flexibility index (Phi) is 5.19. The van der Waals surface area contributed by atoms with Crippen molar-refractivity contribution in [1.29, 1.82) is 0 Å². The zero-order chi connectivity index (χ0) is 17.1. The number of rotatable bonds is 5. The Morgan fingerprint density at radius 2 is 1.88 bits per heavy atom. The summed E-state index contributed by atoms with van der Waals surface area (Å²) < 4.78 is 5.34. The van der Waals surface area contributed by atoms with E-state index in [-0.39, 0.29) is 0 Å². The molecule has 0 radical (unpaired) electrons. The number of aromatic nitrogens is 2. The molecule has 0 bridgehead atoms. The highest BCUT2D eigenvalue weighted by Crippen LogP contribution is 2.24. The van der Waals surface area contributed by atoms with Gasteiger partial charge >= 0.3 is 0 Å². The third-order valence-corrected chi connectivity index (χ3v) is 4.75. The summed E-state index contributed by atoms with van der Waals surface area (Å²) >= 11 is 0. The first-order valence-electron chi connectivity index (χ1n) is 8.88. The summed E-state index contributed by atoms with van der Waals surface area (Å²) in [5.74, 6) is 2.11. The molecule has 0 aliphatic carbocycles. The highest BCUT2D eigenvalue weighted by molar-refractivity contribution is 5.56. The van der Waals surface area contributed by atoms with E-state index in [1.807, 2.05) is 0 Å². The van der Waals surface area contributed by atoms with Crippen LogP contribution in [0.3, 0.4) is 0 Å². The molecule has 1 saturated heterocycles. The van der Waals surface area contributed by atoms with Crippen molar-refractivity contribution < 1.29 is 4.52 Å². The Labute approximate surface area is 144 Å². The molecule has 1 aromatic heterocycles. The number of aryl methyl sites for hydroxylation is 1. The average Bonchev–Trinajstić information content (AvgIpc) is 2.97. The Bertz CT molecular complexity index is 672. The Morgan fingerprint density at radius 3 is 2.58 bits per heavy atom. The lowest BCUT2D eigenvalue weighted by molar-refractivity contribution is 0.239. The van der Waals surface area contributed by atoms with E-state index in [4.69, 9.17) is 4.52 Å². The molecule has 0 atom stereocenters. The summed E-state index contributed by atoms with van der Waals surface area (Å²) in [6, 6.07) is 6.56. The van der Waals surface area contributed by atoms with Gasteiger partial charge < -0.3 is 9.42 Å². The van der Waals surface area contributed by atoms with E-state index >= 15 is 0 Å². The standard InChI is InChI=1S/C19H28N4O/c1-14(2)12-19-20-18(21-24-19)13-22-8-10-23(11-9-22)17-7-5-6-15(3)16(17)4/h5-7,14H,8-13H2,1-4H3. The largest absolute Gasteiger partial charge is 0.369 e. The zero-order valence-corrected chi connectivity index (χ0v) is 15.2. The van der Waals surface area contributed by atoms with Gasteiger partial charge in [0.05, 0.1) is 6.54 Å². The lowest BCUT2D eigenvalue weighted by Gasteiger charge is -2.36. The molecule has 5 heteroatoms. The molecule has 2 heterocycles. The van der Waals surface area contributed by atoms with Gasteiger partial charge in [0.2, 0.25) is 5.89 Å². The molecule has 0 amide bonds. The summed E-state index contributed by atoms with van der Waals surface area (Å²) in [7, 11) is 0. The van der Waals surface area contributed by atoms with Crippen LogP contribution in [0.5, 0.6) is 0 Å². The molecule has 24 heavy (non-hydrogen) atoms. The third kappa shape index (κ3) is 3.96. The van der Waals surface area contributed by atoms with E-state index in [0.29, 0.717) is 5.92 Å². The number of anilines is 1. The van der Waals surface area contributed by atoms with E-state index in [9.17, 15) is 0 Å². The second-order valence-corrected chi connectivity index (χ2v) is 7.18. The zero-order valence-electron chi connectivity index (χ0n) is 15.2. The van der Waals surface area contributed by atoms with Crippen LogP contribution >= 0.6 is 0 Å². The van der Waals surface area contributed by atoms with E-state index in [1.54, 1.807) is 0 Å². The Balaban J connectivity index is 1.55. The van der Waals surface area contributed by atoms with Crippen LogP contribution in [0.1, 0.15) is 36.7 Å². The molecule has 1 aliphatic rings. The molecule has 0 N–H and O–H groups in total. The predicted molar refractivity (Wildman–Crippen MR) is 96.2 cm³/mol. The van der Waals surface area contributed by atoms with Crippen LogP contribution in [-0.2, 0) is 13.0 Å². The molecular weight excluding hydrogens is 300 g/mol. The number of benzene rings is 1. The van der Waals surface area contributed by atoms with Crippen LogP contribution in [0, 0.1) is 19.8 Å². The molecular formula is C19H28N4O. The third-order valence-electron chi connectivity index (χ3n) is 4.75. The highest BCUT2D eigenvalue weighted by Gasteiger charge is 2.20. The van der Waals surface area contributed by atoms with Gasteiger partial charge in [-0.1, -0.05) is 31.1 Å². The molecule has 1 fully saturated rings. The fraction of sp³-hybridized carbons (Fsp3) is 0.579. The Morgan fingerprint density at radius 1 is 1.12 bits per heavy atom. The lowest BCUT2D eigenvalue weighted by atomic mass is 10.1. The lowest BCUT2D eigenvalue weighted by Crippen LogP contribution is -2.46. The smallest absolute Gasteiger partial charge is 0.226 e. The van der Waals surface area contributed by atoms with E-state index in [1.165, 1.54) is 16.8 Å². The molecule has 130 valence electrons. The van der Waals surface area contributed by atoms with Crippen molar-refractivity contribution in [2.75, 3.05) is 31.1 Å². The van der Waals surface area contributed by atoms with Crippen LogP contribution in [-0.4, -0.2) is 41.2 Å². The number of hydrogen-bond acceptors (Lipinski definition) is 5. The molecule has 0 unspecified atom stereocenters. The first-order chi connectivity index (χ1) is 11.5. The van der Waals surface area contributed by atoms with Crippen LogP contribution in [0.4, 0.5) is 5.69 Å². The minimum Gasteiger partial charge on any atom is -0.369 e. The van der Waals surface area contributed by atoms with Gasteiger partial charge in [0, 0.05) is 38.3 Å². The molecule has 0 saturated carbocycles. The van der Waals surface area contributed by atoms with Gasteiger partial charge in [-0.05, 0) is 37.0 Å². The summed E-state index contributed by atoms with van der Waals surface area (Å²) in [6.07, 6.45) is 0.855. The SMILES string of the molecule is Cc1cccc(N2CCN(Cc3noc(CC(C)C)n3)CC2)c1C. The summed E-state index contributed by atoms with van der Waals surface area (Å²) in [5.41, 5.74) is 4.12. The van der Waals surface area contributed by atoms with Crippen molar-refractivity contribution in [3.05, 3.63) is 41.0 Å². The first-order valence-corrected chi connectivity index (χ1v) is 8.88. The summed E-state index contributed by atoms with van der Waals surface area (Å²) in [6.45, 7) is 13.6. The van der Waals surface area contributed by atoms with E-state index in [0.717, 1.165) is 50.9 Å². The van der Waals surface area contributed by atoms with Gasteiger partial charge in [-0.25, -0.2) is 0 Å². The molecule has 5 nitrogen and oxygen atoms in total. The van der Waals surface area contributed by atoms with Gasteiger partial charge in [0.15, 0.2) is 5.82 Å². The van der Waals surface area contributed by atoms with Crippen molar-refractivity contribution in [2.24, 2.45) is 5.92 Å². The first kappa shape index (κ1) is 17.0. The van der Waals surface area contributed by atoms with Gasteiger partial charge in [0.1, 0.15) is 0 Å². The fourth-order valence-electron chi connectivity index (χ4n) is 3.21. The van der Waals surface area contributed by atoms with E-state index in [2.05, 4.69) is 65.8 Å². The maximum atomic E-state index is 5.34. The maximum Gasteiger partial charge on any atom is 0.226 e. The van der Waals surface area contributed by atoms with Gasteiger partial charge in [-0.3, -0.25) is 4.90 Å². The Hall–Kier alpha value is -1.88. The molecule has 0 spiro atoms. The minimum atomic E-state index is 0.541. The quantitative estimate of drug-likeness (QED) is 0.843. The predicted octanol–water partition coefficient (Wildman–Crippen LogP) is 3.21. The highest BCUT2D eigenvalue weighted by atomic mass is 16.5. The van der Waals surface area contributed by atoms with Crippen molar-refractivity contribution in [3.8, 4) is 0 Å². The van der Waals surface area contributed by atoms with Gasteiger partial charge in [-0.2, -0.15) is 4.98 Å². The van der Waals surface area contributed by atoms with Crippen molar-refractivity contribution in [3.63, 3.8) is 0 Å². The van der Waals surface area contributed by atoms with Crippen LogP contribution in [0.2, 0.25) is 0 Å². The van der Waals surface area contributed by atoms with Crippen molar-refractivity contribution in [2.45, 2.75) is 40.7 Å².